The van der Waals surface area contributed by atoms with Crippen LogP contribution in [0.2, 0.25) is 5.02 Å². The van der Waals surface area contributed by atoms with Crippen molar-refractivity contribution in [2.45, 2.75) is 4.90 Å². The summed E-state index contributed by atoms with van der Waals surface area (Å²) in [4.78, 5) is 7.70. The molecule has 0 aliphatic carbocycles. The van der Waals surface area contributed by atoms with Gasteiger partial charge >= 0.3 is 0 Å². The predicted molar refractivity (Wildman–Crippen MR) is 81.5 cm³/mol. The Balaban J connectivity index is 2.27. The van der Waals surface area contributed by atoms with Gasteiger partial charge in [0.05, 0.1) is 23.1 Å². The van der Waals surface area contributed by atoms with E-state index >= 15 is 0 Å². The topological polar surface area (TPSA) is 84.0 Å². The Hall–Kier alpha value is -1.38. The maximum atomic E-state index is 12.1. The van der Waals surface area contributed by atoms with E-state index in [-0.39, 0.29) is 4.90 Å². The number of nitrogens with one attached hydrogen (secondary N) is 2. The van der Waals surface area contributed by atoms with Crippen molar-refractivity contribution in [1.29, 1.82) is 0 Å². The Bertz CT molecular complexity index is 722. The minimum Gasteiger partial charge on any atom is -0.357 e. The van der Waals surface area contributed by atoms with Crippen molar-refractivity contribution >= 4 is 49.2 Å². The van der Waals surface area contributed by atoms with Crippen LogP contribution in [-0.4, -0.2) is 25.4 Å². The third-order valence-corrected chi connectivity index (χ3v) is 4.88. The second-order valence-electron chi connectivity index (χ2n) is 3.73. The van der Waals surface area contributed by atoms with Gasteiger partial charge in [0.15, 0.2) is 0 Å². The first-order valence-corrected chi connectivity index (χ1v) is 8.05. The highest BCUT2D eigenvalue weighted by Gasteiger charge is 2.15. The van der Waals surface area contributed by atoms with Gasteiger partial charge in [0.2, 0.25) is 5.95 Å². The fourth-order valence-corrected chi connectivity index (χ4v) is 2.79. The average Bonchev–Trinajstić information content (AvgIpc) is 2.43. The third-order valence-electron chi connectivity index (χ3n) is 2.33. The maximum Gasteiger partial charge on any atom is 0.264 e. The zero-order valence-electron chi connectivity index (χ0n) is 10.3. The highest BCUT2D eigenvalue weighted by atomic mass is 79.9. The van der Waals surface area contributed by atoms with Crippen LogP contribution < -0.4 is 10.0 Å². The van der Waals surface area contributed by atoms with Gasteiger partial charge in [0.25, 0.3) is 10.0 Å². The maximum absolute atomic E-state index is 12.1. The van der Waals surface area contributed by atoms with Crippen molar-refractivity contribution in [3.8, 4) is 0 Å². The monoisotopic (exact) mass is 376 g/mol. The summed E-state index contributed by atoms with van der Waals surface area (Å²) in [6.07, 6.45) is 2.46. The molecule has 0 spiro atoms. The molecule has 0 fully saturated rings. The second kappa shape index (κ2) is 5.94. The van der Waals surface area contributed by atoms with Gasteiger partial charge < -0.3 is 5.32 Å². The predicted octanol–water partition coefficient (Wildman–Crippen LogP) is 2.74. The normalized spacial score (nSPS) is 11.2. The van der Waals surface area contributed by atoms with Gasteiger partial charge in [-0.2, -0.15) is 0 Å². The number of aromatic nitrogens is 2. The number of anilines is 2. The fourth-order valence-electron chi connectivity index (χ4n) is 1.36. The lowest BCUT2D eigenvalue weighted by Crippen LogP contribution is -2.14. The lowest BCUT2D eigenvalue weighted by Gasteiger charge is -2.08. The standard InChI is InChI=1S/C11H10BrClN4O2S/c1-14-11-15-5-8(6-16-11)20(18,19)17-7-2-3-10(13)9(12)4-7/h2-6,17H,1H3,(H,14,15,16). The average molecular weight is 378 g/mol. The van der Waals surface area contributed by atoms with Gasteiger partial charge in [-0.1, -0.05) is 11.6 Å². The Morgan fingerprint density at radius 3 is 2.45 bits per heavy atom. The highest BCUT2D eigenvalue weighted by molar-refractivity contribution is 9.10. The number of benzene rings is 1. The van der Waals surface area contributed by atoms with Gasteiger partial charge in [-0.3, -0.25) is 4.72 Å². The first-order valence-electron chi connectivity index (χ1n) is 5.40. The number of rotatable bonds is 4. The van der Waals surface area contributed by atoms with Crippen LogP contribution in [0.5, 0.6) is 0 Å². The van der Waals surface area contributed by atoms with E-state index in [1.807, 2.05) is 0 Å². The molecule has 1 aromatic heterocycles. The summed E-state index contributed by atoms with van der Waals surface area (Å²) in [5.41, 5.74) is 0.388. The minimum absolute atomic E-state index is 0.0254. The van der Waals surface area contributed by atoms with Crippen LogP contribution in [0.25, 0.3) is 0 Å². The molecular weight excluding hydrogens is 368 g/mol. The van der Waals surface area contributed by atoms with Crippen LogP contribution >= 0.6 is 27.5 Å². The van der Waals surface area contributed by atoms with Gasteiger partial charge in [0, 0.05) is 11.5 Å². The van der Waals surface area contributed by atoms with Gasteiger partial charge in [0.1, 0.15) is 4.90 Å². The van der Waals surface area contributed by atoms with Crippen molar-refractivity contribution in [3.05, 3.63) is 40.1 Å². The van der Waals surface area contributed by atoms with E-state index in [1.165, 1.54) is 12.4 Å². The Labute approximate surface area is 129 Å². The number of hydrogen-bond donors (Lipinski definition) is 2. The summed E-state index contributed by atoms with van der Waals surface area (Å²) in [6.45, 7) is 0. The number of sulfonamides is 1. The molecule has 1 heterocycles. The molecule has 0 bridgehead atoms. The van der Waals surface area contributed by atoms with Gasteiger partial charge in [-0.05, 0) is 34.1 Å². The Morgan fingerprint density at radius 2 is 1.90 bits per heavy atom. The molecule has 1 aromatic carbocycles. The molecule has 0 saturated carbocycles. The van der Waals surface area contributed by atoms with Crippen LogP contribution in [0.15, 0.2) is 40.0 Å². The molecule has 6 nitrogen and oxygen atoms in total. The van der Waals surface area contributed by atoms with E-state index in [4.69, 9.17) is 11.6 Å². The van der Waals surface area contributed by atoms with Crippen LogP contribution in [0.4, 0.5) is 11.6 Å². The molecule has 0 radical (unpaired) electrons. The number of hydrogen-bond acceptors (Lipinski definition) is 5. The summed E-state index contributed by atoms with van der Waals surface area (Å²) >= 11 is 9.08. The van der Waals surface area contributed by atoms with Gasteiger partial charge in [-0.25, -0.2) is 18.4 Å². The van der Waals surface area contributed by atoms with Crippen LogP contribution in [-0.2, 0) is 10.0 Å². The smallest absolute Gasteiger partial charge is 0.264 e. The van der Waals surface area contributed by atoms with Crippen molar-refractivity contribution in [2.24, 2.45) is 0 Å². The first-order chi connectivity index (χ1) is 9.42. The van der Waals surface area contributed by atoms with Crippen molar-refractivity contribution in [1.82, 2.24) is 9.97 Å². The highest BCUT2D eigenvalue weighted by Crippen LogP contribution is 2.26. The summed E-state index contributed by atoms with van der Waals surface area (Å²) < 4.78 is 27.3. The molecule has 0 amide bonds. The number of halogens is 2. The summed E-state index contributed by atoms with van der Waals surface area (Å²) in [6, 6.07) is 4.72. The lowest BCUT2D eigenvalue weighted by molar-refractivity contribution is 0.600. The minimum atomic E-state index is -3.73. The molecule has 0 saturated heterocycles. The molecule has 0 aliphatic rings. The molecular formula is C11H10BrClN4O2S. The van der Waals surface area contributed by atoms with Crippen molar-refractivity contribution in [3.63, 3.8) is 0 Å². The molecule has 0 aliphatic heterocycles. The van der Waals surface area contributed by atoms with E-state index < -0.39 is 10.0 Å². The van der Waals surface area contributed by atoms with E-state index in [1.54, 1.807) is 25.2 Å². The second-order valence-corrected chi connectivity index (χ2v) is 6.67. The van der Waals surface area contributed by atoms with E-state index in [0.29, 0.717) is 21.1 Å². The lowest BCUT2D eigenvalue weighted by atomic mass is 10.3. The Kier molecular flexibility index (Phi) is 4.46. The molecule has 9 heteroatoms. The zero-order chi connectivity index (χ0) is 14.8. The SMILES string of the molecule is CNc1ncc(S(=O)(=O)Nc2ccc(Cl)c(Br)c2)cn1. The van der Waals surface area contributed by atoms with Crippen LogP contribution in [0, 0.1) is 0 Å². The van der Waals surface area contributed by atoms with E-state index in [9.17, 15) is 8.42 Å². The fraction of sp³-hybridized carbons (Fsp3) is 0.0909. The van der Waals surface area contributed by atoms with Gasteiger partial charge in [-0.15, -0.1) is 0 Å². The summed E-state index contributed by atoms with van der Waals surface area (Å²) in [5, 5.41) is 3.21. The molecule has 0 unspecified atom stereocenters. The molecule has 0 atom stereocenters. The van der Waals surface area contributed by atoms with E-state index in [2.05, 4.69) is 35.9 Å². The van der Waals surface area contributed by atoms with E-state index in [0.717, 1.165) is 0 Å². The van der Waals surface area contributed by atoms with Crippen LogP contribution in [0.3, 0.4) is 0 Å². The molecule has 106 valence electrons. The molecule has 2 aromatic rings. The van der Waals surface area contributed by atoms with Crippen molar-refractivity contribution in [2.75, 3.05) is 17.1 Å². The quantitative estimate of drug-likeness (QED) is 0.856. The summed E-state index contributed by atoms with van der Waals surface area (Å²) in [5.74, 6) is 0.346. The van der Waals surface area contributed by atoms with Crippen molar-refractivity contribution < 1.29 is 8.42 Å². The third kappa shape index (κ3) is 3.38. The summed E-state index contributed by atoms with van der Waals surface area (Å²) in [7, 11) is -2.09. The molecule has 2 rings (SSSR count). The largest absolute Gasteiger partial charge is 0.357 e. The molecule has 20 heavy (non-hydrogen) atoms. The van der Waals surface area contributed by atoms with Crippen LogP contribution in [0.1, 0.15) is 0 Å². The molecule has 2 N–H and O–H groups in total. The first kappa shape index (κ1) is 15.0. The number of nitrogens with zero attached hydrogens (tertiary/aromatic N) is 2. The Morgan fingerprint density at radius 1 is 1.25 bits per heavy atom. The zero-order valence-corrected chi connectivity index (χ0v) is 13.4.